The van der Waals surface area contributed by atoms with Gasteiger partial charge in [0.15, 0.2) is 6.61 Å². The fourth-order valence-corrected chi connectivity index (χ4v) is 3.08. The minimum Gasteiger partial charge on any atom is -0.484 e. The van der Waals surface area contributed by atoms with Crippen LogP contribution in [0.25, 0.3) is 0 Å². The first-order chi connectivity index (χ1) is 14.0. The van der Waals surface area contributed by atoms with Gasteiger partial charge in [-0.1, -0.05) is 11.6 Å². The molecule has 2 rings (SSSR count). The van der Waals surface area contributed by atoms with E-state index in [1.165, 1.54) is 17.0 Å². The number of amides is 3. The Morgan fingerprint density at radius 2 is 2.00 bits per heavy atom. The van der Waals surface area contributed by atoms with Crippen molar-refractivity contribution in [3.63, 3.8) is 0 Å². The Balaban J connectivity index is 1.96. The number of carbonyl (C=O) groups is 3. The van der Waals surface area contributed by atoms with E-state index in [1.54, 1.807) is 20.8 Å². The molecule has 0 aliphatic carbocycles. The van der Waals surface area contributed by atoms with Crippen LogP contribution in [0.4, 0.5) is 9.18 Å². The van der Waals surface area contributed by atoms with Gasteiger partial charge in [-0.15, -0.1) is 0 Å². The van der Waals surface area contributed by atoms with Gasteiger partial charge in [0.1, 0.15) is 23.2 Å². The number of benzene rings is 1. The highest BCUT2D eigenvalue weighted by Crippen LogP contribution is 2.22. The smallest absolute Gasteiger partial charge is 0.411 e. The summed E-state index contributed by atoms with van der Waals surface area (Å²) in [6.07, 6.45) is 0.0535. The molecule has 2 atom stereocenters. The second kappa shape index (κ2) is 9.94. The molecule has 0 bridgehead atoms. The summed E-state index contributed by atoms with van der Waals surface area (Å²) in [5.41, 5.74) is 1.30. The molecule has 1 heterocycles. The number of halogens is 2. The summed E-state index contributed by atoms with van der Waals surface area (Å²) in [6.45, 7) is 4.85. The van der Waals surface area contributed by atoms with E-state index >= 15 is 0 Å². The van der Waals surface area contributed by atoms with Gasteiger partial charge >= 0.3 is 6.09 Å². The zero-order chi connectivity index (χ0) is 22.5. The molecule has 1 fully saturated rings. The molecular weight excluding hydrogens is 419 g/mol. The third kappa shape index (κ3) is 6.74. The molecule has 30 heavy (non-hydrogen) atoms. The van der Waals surface area contributed by atoms with Gasteiger partial charge in [-0.3, -0.25) is 19.9 Å². The van der Waals surface area contributed by atoms with Gasteiger partial charge in [-0.05, 0) is 45.7 Å². The van der Waals surface area contributed by atoms with E-state index in [0.717, 1.165) is 6.07 Å². The molecule has 1 saturated heterocycles. The van der Waals surface area contributed by atoms with Gasteiger partial charge in [0.05, 0.1) is 5.02 Å². The summed E-state index contributed by atoms with van der Waals surface area (Å²) in [5, 5.41) is 2.70. The molecule has 3 amide bonds. The van der Waals surface area contributed by atoms with Crippen LogP contribution in [0.2, 0.25) is 5.02 Å². The summed E-state index contributed by atoms with van der Waals surface area (Å²) in [5.74, 6) is 3.76. The second-order valence-electron chi connectivity index (χ2n) is 7.86. The maximum atomic E-state index is 13.4. The van der Waals surface area contributed by atoms with Gasteiger partial charge in [-0.2, -0.15) is 0 Å². The van der Waals surface area contributed by atoms with Crippen LogP contribution in [0.15, 0.2) is 18.2 Å². The third-order valence-corrected chi connectivity index (χ3v) is 4.59. The van der Waals surface area contributed by atoms with Crippen molar-refractivity contribution in [2.75, 3.05) is 13.2 Å². The maximum absolute atomic E-state index is 13.4. The Bertz CT molecular complexity index is 802. The average molecular weight is 445 g/mol. The summed E-state index contributed by atoms with van der Waals surface area (Å²) < 4.78 is 24.1. The number of ether oxygens (including phenoxy) is 2. The van der Waals surface area contributed by atoms with Crippen LogP contribution in [-0.2, 0) is 14.3 Å². The highest BCUT2D eigenvalue weighted by molar-refractivity contribution is 6.30. The number of likely N-dealkylation sites (tertiary alicyclic amines) is 1. The van der Waals surface area contributed by atoms with Crippen LogP contribution < -0.4 is 21.3 Å². The van der Waals surface area contributed by atoms with Gasteiger partial charge in [0.2, 0.25) is 0 Å². The normalized spacial score (nSPS) is 19.1. The first-order valence-electron chi connectivity index (χ1n) is 9.37. The molecule has 1 aromatic carbocycles. The standard InChI is InChI=1S/C19H26ClFN4O5/c1-19(2,3)30-18(28)25-9-11(4-7-15(25)17(27)24-22)23-16(26)10-29-12-5-6-13(20)14(21)8-12/h5-6,8,11,15H,4,7,9-10,22H2,1-3H3,(H,23,26)(H,24,27)/t11-,15+/m0/s1. The summed E-state index contributed by atoms with van der Waals surface area (Å²) >= 11 is 5.61. The van der Waals surface area contributed by atoms with Gasteiger partial charge < -0.3 is 14.8 Å². The minimum absolute atomic E-state index is 0.0488. The second-order valence-corrected chi connectivity index (χ2v) is 8.27. The number of hydrogen-bond acceptors (Lipinski definition) is 6. The largest absolute Gasteiger partial charge is 0.484 e. The Morgan fingerprint density at radius 1 is 1.30 bits per heavy atom. The Kier molecular flexibility index (Phi) is 7.85. The van der Waals surface area contributed by atoms with Crippen molar-refractivity contribution in [2.24, 2.45) is 5.84 Å². The quantitative estimate of drug-likeness (QED) is 0.361. The number of rotatable bonds is 5. The fourth-order valence-electron chi connectivity index (χ4n) is 2.96. The van der Waals surface area contributed by atoms with E-state index in [4.69, 9.17) is 26.9 Å². The molecule has 0 aromatic heterocycles. The molecule has 1 aromatic rings. The number of nitrogens with two attached hydrogens (primary N) is 1. The van der Waals surface area contributed by atoms with Crippen LogP contribution in [0.1, 0.15) is 33.6 Å². The molecule has 1 aliphatic heterocycles. The van der Waals surface area contributed by atoms with E-state index < -0.39 is 41.4 Å². The first kappa shape index (κ1) is 23.7. The van der Waals surface area contributed by atoms with E-state index in [-0.39, 0.29) is 30.3 Å². The van der Waals surface area contributed by atoms with Crippen molar-refractivity contribution >= 4 is 29.5 Å². The minimum atomic E-state index is -0.800. The van der Waals surface area contributed by atoms with Crippen LogP contribution in [0.3, 0.4) is 0 Å². The van der Waals surface area contributed by atoms with Crippen LogP contribution in [0.5, 0.6) is 5.75 Å². The summed E-state index contributed by atoms with van der Waals surface area (Å²) in [7, 11) is 0. The number of hydrazine groups is 1. The van der Waals surface area contributed by atoms with E-state index in [9.17, 15) is 18.8 Å². The zero-order valence-electron chi connectivity index (χ0n) is 17.0. The lowest BCUT2D eigenvalue weighted by molar-refractivity contribution is -0.128. The lowest BCUT2D eigenvalue weighted by Crippen LogP contribution is -2.60. The first-order valence-corrected chi connectivity index (χ1v) is 9.75. The van der Waals surface area contributed by atoms with Crippen molar-refractivity contribution in [2.45, 2.75) is 51.3 Å². The number of carbonyl (C=O) groups excluding carboxylic acids is 3. The summed E-state index contributed by atoms with van der Waals surface area (Å²) in [6, 6.07) is 2.63. The molecule has 11 heteroatoms. The highest BCUT2D eigenvalue weighted by Gasteiger charge is 2.38. The maximum Gasteiger partial charge on any atom is 0.411 e. The number of nitrogens with zero attached hydrogens (tertiary/aromatic N) is 1. The van der Waals surface area contributed by atoms with Gasteiger partial charge in [-0.25, -0.2) is 15.0 Å². The van der Waals surface area contributed by atoms with E-state index in [1.807, 2.05) is 5.43 Å². The molecule has 0 radical (unpaired) electrons. The molecule has 9 nitrogen and oxygen atoms in total. The molecule has 0 saturated carbocycles. The van der Waals surface area contributed by atoms with Crippen molar-refractivity contribution < 1.29 is 28.2 Å². The highest BCUT2D eigenvalue weighted by atomic mass is 35.5. The van der Waals surface area contributed by atoms with E-state index in [2.05, 4.69) is 5.32 Å². The molecule has 1 aliphatic rings. The van der Waals surface area contributed by atoms with Crippen molar-refractivity contribution in [1.29, 1.82) is 0 Å². The number of piperidine rings is 1. The molecule has 4 N–H and O–H groups in total. The lowest BCUT2D eigenvalue weighted by atomic mass is 9.98. The monoisotopic (exact) mass is 444 g/mol. The van der Waals surface area contributed by atoms with Crippen LogP contribution in [-0.4, -0.2) is 53.6 Å². The lowest BCUT2D eigenvalue weighted by Gasteiger charge is -2.39. The molecular formula is C19H26ClFN4O5. The van der Waals surface area contributed by atoms with Gasteiger partial charge in [0, 0.05) is 18.7 Å². The predicted octanol–water partition coefficient (Wildman–Crippen LogP) is 1.73. The third-order valence-electron chi connectivity index (χ3n) is 4.28. The number of nitrogens with one attached hydrogen (secondary N) is 2. The van der Waals surface area contributed by atoms with Crippen molar-refractivity contribution in [3.05, 3.63) is 29.0 Å². The van der Waals surface area contributed by atoms with Gasteiger partial charge in [0.25, 0.3) is 11.8 Å². The van der Waals surface area contributed by atoms with Crippen molar-refractivity contribution in [1.82, 2.24) is 15.6 Å². The molecule has 0 unspecified atom stereocenters. The number of hydrogen-bond donors (Lipinski definition) is 3. The Hall–Kier alpha value is -2.59. The Labute approximate surface area is 179 Å². The Morgan fingerprint density at radius 3 is 2.60 bits per heavy atom. The fraction of sp³-hybridized carbons (Fsp3) is 0.526. The zero-order valence-corrected chi connectivity index (χ0v) is 17.8. The van der Waals surface area contributed by atoms with E-state index in [0.29, 0.717) is 6.42 Å². The van der Waals surface area contributed by atoms with Crippen LogP contribution in [0, 0.1) is 5.82 Å². The topological polar surface area (TPSA) is 123 Å². The molecule has 0 spiro atoms. The summed E-state index contributed by atoms with van der Waals surface area (Å²) in [4.78, 5) is 38.1. The molecule has 166 valence electrons. The SMILES string of the molecule is CC(C)(C)OC(=O)N1C[C@@H](NC(=O)COc2ccc(Cl)c(F)c2)CC[C@@H]1C(=O)NN. The van der Waals surface area contributed by atoms with Crippen molar-refractivity contribution in [3.8, 4) is 5.75 Å². The predicted molar refractivity (Wildman–Crippen MR) is 107 cm³/mol. The average Bonchev–Trinajstić information content (AvgIpc) is 2.67. The van der Waals surface area contributed by atoms with Crippen LogP contribution >= 0.6 is 11.6 Å².